The summed E-state index contributed by atoms with van der Waals surface area (Å²) in [5.74, 6) is 0.127. The number of thiophene rings is 1. The standard InChI is InChI=1S/C19H25N3O2S/c23-19(21-14-18-5-3-13-25-18)8-12-22-10-6-17(7-11-22)24-15-16-4-1-2-9-20-16/h1-5,9,13,17H,6-8,10-12,14-15H2,(H,21,23). The van der Waals surface area contributed by atoms with E-state index in [4.69, 9.17) is 4.74 Å². The van der Waals surface area contributed by atoms with E-state index in [1.54, 1.807) is 17.5 Å². The van der Waals surface area contributed by atoms with Gasteiger partial charge in [-0.05, 0) is 36.4 Å². The fourth-order valence-electron chi connectivity index (χ4n) is 2.93. The van der Waals surface area contributed by atoms with E-state index in [-0.39, 0.29) is 5.91 Å². The largest absolute Gasteiger partial charge is 0.372 e. The van der Waals surface area contributed by atoms with E-state index in [1.807, 2.05) is 35.7 Å². The van der Waals surface area contributed by atoms with E-state index < -0.39 is 0 Å². The molecule has 0 radical (unpaired) electrons. The molecule has 1 fully saturated rings. The van der Waals surface area contributed by atoms with E-state index in [0.29, 0.717) is 25.7 Å². The van der Waals surface area contributed by atoms with Crippen molar-refractivity contribution in [2.45, 2.75) is 38.5 Å². The predicted octanol–water partition coefficient (Wildman–Crippen LogP) is 2.83. The molecule has 134 valence electrons. The maximum atomic E-state index is 11.9. The number of amides is 1. The van der Waals surface area contributed by atoms with Gasteiger partial charge in [-0.3, -0.25) is 9.78 Å². The summed E-state index contributed by atoms with van der Waals surface area (Å²) in [6.45, 7) is 4.02. The number of aromatic nitrogens is 1. The van der Waals surface area contributed by atoms with Crippen molar-refractivity contribution in [1.82, 2.24) is 15.2 Å². The summed E-state index contributed by atoms with van der Waals surface area (Å²) in [6, 6.07) is 9.94. The molecule has 0 spiro atoms. The second-order valence-corrected chi connectivity index (χ2v) is 7.31. The highest BCUT2D eigenvalue weighted by Gasteiger charge is 2.20. The minimum atomic E-state index is 0.127. The molecule has 6 heteroatoms. The molecule has 25 heavy (non-hydrogen) atoms. The highest BCUT2D eigenvalue weighted by atomic mass is 32.1. The molecule has 1 aliphatic heterocycles. The molecule has 0 unspecified atom stereocenters. The minimum Gasteiger partial charge on any atom is -0.372 e. The highest BCUT2D eigenvalue weighted by Crippen LogP contribution is 2.15. The number of hydrogen-bond donors (Lipinski definition) is 1. The monoisotopic (exact) mass is 359 g/mol. The van der Waals surface area contributed by atoms with Crippen LogP contribution in [0.4, 0.5) is 0 Å². The first-order valence-corrected chi connectivity index (χ1v) is 9.70. The molecule has 0 bridgehead atoms. The Morgan fingerprint density at radius 3 is 2.88 bits per heavy atom. The fourth-order valence-corrected chi connectivity index (χ4v) is 3.58. The molecule has 0 saturated carbocycles. The zero-order valence-corrected chi connectivity index (χ0v) is 15.2. The lowest BCUT2D eigenvalue weighted by Crippen LogP contribution is -2.39. The van der Waals surface area contributed by atoms with Gasteiger partial charge in [0, 0.05) is 37.1 Å². The van der Waals surface area contributed by atoms with Crippen LogP contribution in [-0.2, 0) is 22.7 Å². The molecule has 1 N–H and O–H groups in total. The molecule has 0 aromatic carbocycles. The normalized spacial score (nSPS) is 16.0. The van der Waals surface area contributed by atoms with Gasteiger partial charge in [-0.2, -0.15) is 0 Å². The third kappa shape index (κ3) is 6.23. The van der Waals surface area contributed by atoms with Crippen LogP contribution in [-0.4, -0.2) is 41.5 Å². The zero-order chi connectivity index (χ0) is 17.3. The van der Waals surface area contributed by atoms with Crippen LogP contribution in [0, 0.1) is 0 Å². The Kier molecular flexibility index (Phi) is 6.97. The second kappa shape index (κ2) is 9.65. The van der Waals surface area contributed by atoms with Crippen molar-refractivity contribution in [3.8, 4) is 0 Å². The van der Waals surface area contributed by atoms with Gasteiger partial charge in [0.15, 0.2) is 0 Å². The summed E-state index contributed by atoms with van der Waals surface area (Å²) >= 11 is 1.67. The molecule has 3 heterocycles. The number of ether oxygens (including phenoxy) is 1. The molecule has 2 aromatic rings. The number of nitrogens with zero attached hydrogens (tertiary/aromatic N) is 2. The Morgan fingerprint density at radius 1 is 1.28 bits per heavy atom. The number of nitrogens with one attached hydrogen (secondary N) is 1. The van der Waals surface area contributed by atoms with E-state index in [2.05, 4.69) is 15.2 Å². The molecule has 1 aliphatic rings. The number of likely N-dealkylation sites (tertiary alicyclic amines) is 1. The van der Waals surface area contributed by atoms with Crippen LogP contribution in [0.3, 0.4) is 0 Å². The van der Waals surface area contributed by atoms with E-state index in [9.17, 15) is 4.79 Å². The van der Waals surface area contributed by atoms with Gasteiger partial charge in [0.25, 0.3) is 0 Å². The van der Waals surface area contributed by atoms with Crippen LogP contribution in [0.25, 0.3) is 0 Å². The Morgan fingerprint density at radius 2 is 2.16 bits per heavy atom. The average Bonchev–Trinajstić information content (AvgIpc) is 3.18. The van der Waals surface area contributed by atoms with Gasteiger partial charge < -0.3 is 15.0 Å². The maximum Gasteiger partial charge on any atom is 0.221 e. The fraction of sp³-hybridized carbons (Fsp3) is 0.474. The van der Waals surface area contributed by atoms with Gasteiger partial charge in [0.05, 0.1) is 24.9 Å². The van der Waals surface area contributed by atoms with Crippen LogP contribution in [0.1, 0.15) is 29.8 Å². The van der Waals surface area contributed by atoms with Gasteiger partial charge >= 0.3 is 0 Å². The Hall–Kier alpha value is -1.76. The lowest BCUT2D eigenvalue weighted by atomic mass is 10.1. The number of carbonyl (C=O) groups is 1. The summed E-state index contributed by atoms with van der Waals surface area (Å²) < 4.78 is 5.96. The second-order valence-electron chi connectivity index (χ2n) is 6.28. The zero-order valence-electron chi connectivity index (χ0n) is 14.4. The van der Waals surface area contributed by atoms with Crippen molar-refractivity contribution in [3.63, 3.8) is 0 Å². The predicted molar refractivity (Wildman–Crippen MR) is 99.3 cm³/mol. The van der Waals surface area contributed by atoms with Gasteiger partial charge in [-0.25, -0.2) is 0 Å². The number of pyridine rings is 1. The summed E-state index contributed by atoms with van der Waals surface area (Å²) in [4.78, 5) is 19.8. The summed E-state index contributed by atoms with van der Waals surface area (Å²) in [5.41, 5.74) is 0.979. The van der Waals surface area contributed by atoms with Gasteiger partial charge in [0.2, 0.25) is 5.91 Å². The molecule has 0 aliphatic carbocycles. The highest BCUT2D eigenvalue weighted by molar-refractivity contribution is 7.09. The molecular weight excluding hydrogens is 334 g/mol. The molecule has 1 saturated heterocycles. The van der Waals surface area contributed by atoms with E-state index in [0.717, 1.165) is 38.2 Å². The van der Waals surface area contributed by atoms with Crippen LogP contribution in [0.15, 0.2) is 41.9 Å². The van der Waals surface area contributed by atoms with Crippen molar-refractivity contribution in [1.29, 1.82) is 0 Å². The molecular formula is C19H25N3O2S. The van der Waals surface area contributed by atoms with E-state index >= 15 is 0 Å². The Bertz CT molecular complexity index is 625. The van der Waals surface area contributed by atoms with Crippen LogP contribution in [0.2, 0.25) is 0 Å². The maximum absolute atomic E-state index is 11.9. The smallest absolute Gasteiger partial charge is 0.221 e. The third-order valence-electron chi connectivity index (χ3n) is 4.42. The summed E-state index contributed by atoms with van der Waals surface area (Å²) in [6.07, 6.45) is 4.69. The number of hydrogen-bond acceptors (Lipinski definition) is 5. The first-order valence-electron chi connectivity index (χ1n) is 8.82. The van der Waals surface area contributed by atoms with E-state index in [1.165, 1.54) is 4.88 Å². The molecule has 1 amide bonds. The van der Waals surface area contributed by atoms with Crippen molar-refractivity contribution in [2.24, 2.45) is 0 Å². The quantitative estimate of drug-likeness (QED) is 0.787. The van der Waals surface area contributed by atoms with Gasteiger partial charge in [-0.15, -0.1) is 11.3 Å². The van der Waals surface area contributed by atoms with Gasteiger partial charge in [0.1, 0.15) is 0 Å². The van der Waals surface area contributed by atoms with Crippen LogP contribution in [0.5, 0.6) is 0 Å². The Labute approximate surface area is 153 Å². The first kappa shape index (κ1) is 18.0. The van der Waals surface area contributed by atoms with Crippen molar-refractivity contribution >= 4 is 17.2 Å². The lowest BCUT2D eigenvalue weighted by Gasteiger charge is -2.31. The minimum absolute atomic E-state index is 0.127. The topological polar surface area (TPSA) is 54.5 Å². The van der Waals surface area contributed by atoms with Crippen molar-refractivity contribution < 1.29 is 9.53 Å². The molecule has 3 rings (SSSR count). The average molecular weight is 359 g/mol. The van der Waals surface area contributed by atoms with Crippen LogP contribution >= 0.6 is 11.3 Å². The van der Waals surface area contributed by atoms with Crippen molar-refractivity contribution in [3.05, 3.63) is 52.5 Å². The molecule has 0 atom stereocenters. The van der Waals surface area contributed by atoms with Crippen LogP contribution < -0.4 is 5.32 Å². The van der Waals surface area contributed by atoms with Gasteiger partial charge in [-0.1, -0.05) is 12.1 Å². The number of rotatable bonds is 8. The summed E-state index contributed by atoms with van der Waals surface area (Å²) in [7, 11) is 0. The number of piperidine rings is 1. The Balaban J connectivity index is 1.28. The number of carbonyl (C=O) groups excluding carboxylic acids is 1. The summed E-state index contributed by atoms with van der Waals surface area (Å²) in [5, 5.41) is 5.01. The molecule has 2 aromatic heterocycles. The van der Waals surface area contributed by atoms with Crippen molar-refractivity contribution in [2.75, 3.05) is 19.6 Å². The molecule has 5 nitrogen and oxygen atoms in total. The SMILES string of the molecule is O=C(CCN1CCC(OCc2ccccn2)CC1)NCc1cccs1. The first-order chi connectivity index (χ1) is 12.3. The third-order valence-corrected chi connectivity index (χ3v) is 5.30. The lowest BCUT2D eigenvalue weighted by molar-refractivity contribution is -0.121.